The van der Waals surface area contributed by atoms with Gasteiger partial charge in [-0.15, -0.1) is 0 Å². The van der Waals surface area contributed by atoms with Gasteiger partial charge in [-0.3, -0.25) is 10.2 Å². The van der Waals surface area contributed by atoms with Crippen LogP contribution in [0.3, 0.4) is 0 Å². The maximum atomic E-state index is 13.8. The molecular formula is C35H37N5O2S. The van der Waals surface area contributed by atoms with Crippen LogP contribution in [0.15, 0.2) is 119 Å². The molecule has 0 aliphatic carbocycles. The van der Waals surface area contributed by atoms with E-state index in [-0.39, 0.29) is 11.9 Å². The highest BCUT2D eigenvalue weighted by atomic mass is 32.2. The zero-order chi connectivity index (χ0) is 29.3. The molecule has 1 fully saturated rings. The number of nitrogens with zero attached hydrogens (tertiary/aromatic N) is 3. The summed E-state index contributed by atoms with van der Waals surface area (Å²) in [5.74, 6) is 0.647. The van der Waals surface area contributed by atoms with Crippen LogP contribution in [0.4, 0.5) is 10.7 Å². The molecule has 0 unspecified atom stereocenters. The van der Waals surface area contributed by atoms with E-state index < -0.39 is 0 Å². The lowest BCUT2D eigenvalue weighted by Gasteiger charge is -2.31. The molecule has 43 heavy (non-hydrogen) atoms. The summed E-state index contributed by atoms with van der Waals surface area (Å²) in [6, 6.07) is 37.4. The molecule has 8 heteroatoms. The second kappa shape index (κ2) is 14.4. The largest absolute Gasteiger partial charge is 0.379 e. The Morgan fingerprint density at radius 1 is 0.860 bits per heavy atom. The van der Waals surface area contributed by atoms with Crippen molar-refractivity contribution >= 4 is 34.8 Å². The molecule has 7 nitrogen and oxygen atoms in total. The minimum atomic E-state index is -0.147. The second-order valence-electron chi connectivity index (χ2n) is 10.7. The Morgan fingerprint density at radius 3 is 2.19 bits per heavy atom. The van der Waals surface area contributed by atoms with Crippen LogP contribution in [0.1, 0.15) is 23.5 Å². The van der Waals surface area contributed by atoms with Crippen LogP contribution in [-0.4, -0.2) is 71.7 Å². The monoisotopic (exact) mass is 591 g/mol. The summed E-state index contributed by atoms with van der Waals surface area (Å²) < 4.78 is 5.53. The molecule has 1 aliphatic heterocycles. The van der Waals surface area contributed by atoms with E-state index in [1.165, 1.54) is 16.0 Å². The van der Waals surface area contributed by atoms with Crippen molar-refractivity contribution in [3.05, 3.63) is 120 Å². The van der Waals surface area contributed by atoms with Crippen LogP contribution in [0.25, 0.3) is 11.0 Å². The Morgan fingerprint density at radius 2 is 1.51 bits per heavy atom. The van der Waals surface area contributed by atoms with Crippen molar-refractivity contribution in [2.45, 2.75) is 22.1 Å². The number of fused-ring (bicyclic) bond motifs is 1. The predicted octanol–water partition coefficient (Wildman–Crippen LogP) is 7.10. The third-order valence-electron chi connectivity index (χ3n) is 7.83. The minimum absolute atomic E-state index is 0.147. The summed E-state index contributed by atoms with van der Waals surface area (Å²) in [7, 11) is 0. The molecule has 4 aromatic carbocycles. The van der Waals surface area contributed by atoms with Crippen molar-refractivity contribution in [1.82, 2.24) is 19.8 Å². The Labute approximate surface area is 257 Å². The number of aromatic nitrogens is 2. The summed E-state index contributed by atoms with van der Waals surface area (Å²) in [5.41, 5.74) is 4.22. The quantitative estimate of drug-likeness (QED) is 0.171. The number of nitrogens with one attached hydrogen (secondary N) is 2. The van der Waals surface area contributed by atoms with Crippen LogP contribution in [0, 0.1) is 0 Å². The van der Waals surface area contributed by atoms with E-state index >= 15 is 0 Å². The van der Waals surface area contributed by atoms with Crippen LogP contribution < -0.4 is 5.32 Å². The zero-order valence-corrected chi connectivity index (χ0v) is 25.0. The summed E-state index contributed by atoms with van der Waals surface area (Å²) in [4.78, 5) is 28.3. The number of hydrogen-bond donors (Lipinski definition) is 2. The van der Waals surface area contributed by atoms with Gasteiger partial charge in [0.15, 0.2) is 0 Å². The molecule has 2 heterocycles. The SMILES string of the molecule is O=C(Nc1nc2cc(Sc3ccccc3)ccc2[nH]1)N(CCC(c1ccccc1)c1ccccc1)CCN1CCOCC1. The molecule has 0 saturated carbocycles. The molecule has 0 atom stereocenters. The van der Waals surface area contributed by atoms with E-state index in [0.717, 1.165) is 55.2 Å². The molecule has 2 amide bonds. The van der Waals surface area contributed by atoms with E-state index in [4.69, 9.17) is 9.72 Å². The van der Waals surface area contributed by atoms with E-state index in [1.54, 1.807) is 11.8 Å². The molecule has 1 aliphatic rings. The van der Waals surface area contributed by atoms with E-state index in [9.17, 15) is 4.79 Å². The zero-order valence-electron chi connectivity index (χ0n) is 24.2. The smallest absolute Gasteiger partial charge is 0.324 e. The molecule has 6 rings (SSSR count). The number of carbonyl (C=O) groups is 1. The van der Waals surface area contributed by atoms with E-state index in [1.807, 2.05) is 41.3 Å². The number of ether oxygens (including phenoxy) is 1. The van der Waals surface area contributed by atoms with Crippen molar-refractivity contribution in [1.29, 1.82) is 0 Å². The first-order chi connectivity index (χ1) is 21.2. The molecule has 220 valence electrons. The van der Waals surface area contributed by atoms with Crippen LogP contribution in [0.2, 0.25) is 0 Å². The molecular weight excluding hydrogens is 554 g/mol. The molecule has 0 spiro atoms. The first kappa shape index (κ1) is 29.0. The average molecular weight is 592 g/mol. The van der Waals surface area contributed by atoms with Gasteiger partial charge in [-0.05, 0) is 47.9 Å². The molecule has 0 bridgehead atoms. The summed E-state index contributed by atoms with van der Waals surface area (Å²) >= 11 is 1.69. The number of rotatable bonds is 11. The number of H-pyrrole nitrogens is 1. The fourth-order valence-electron chi connectivity index (χ4n) is 5.50. The number of carbonyl (C=O) groups excluding carboxylic acids is 1. The highest BCUT2D eigenvalue weighted by Crippen LogP contribution is 2.30. The Hall–Kier alpha value is -4.11. The fraction of sp³-hybridized carbons (Fsp3) is 0.257. The van der Waals surface area contributed by atoms with Crippen LogP contribution in [0.5, 0.6) is 0 Å². The summed E-state index contributed by atoms with van der Waals surface area (Å²) in [6.45, 7) is 5.29. The molecule has 5 aromatic rings. The maximum Gasteiger partial charge on any atom is 0.324 e. The van der Waals surface area contributed by atoms with Gasteiger partial charge in [-0.25, -0.2) is 9.78 Å². The molecule has 0 radical (unpaired) electrons. The standard InChI is InChI=1S/C35H37N5O2S/c41-35(38-34-36-32-17-16-30(26-33(32)37-34)43-29-14-8-3-9-15-29)40(21-20-39-22-24-42-25-23-39)19-18-31(27-10-4-1-5-11-27)28-12-6-2-7-13-28/h1-17,26,31H,18-25H2,(H2,36,37,38,41). The van der Waals surface area contributed by atoms with E-state index in [2.05, 4.69) is 88.0 Å². The number of morpholine rings is 1. The Balaban J connectivity index is 1.17. The van der Waals surface area contributed by atoms with Crippen molar-refractivity contribution in [2.75, 3.05) is 51.3 Å². The molecule has 1 aromatic heterocycles. The first-order valence-electron chi connectivity index (χ1n) is 14.9. The number of amides is 2. The fourth-order valence-corrected chi connectivity index (χ4v) is 6.37. The number of benzene rings is 4. The van der Waals surface area contributed by atoms with Crippen LogP contribution >= 0.6 is 11.8 Å². The number of imidazole rings is 1. The van der Waals surface area contributed by atoms with Crippen molar-refractivity contribution in [2.24, 2.45) is 0 Å². The van der Waals surface area contributed by atoms with Crippen LogP contribution in [-0.2, 0) is 4.74 Å². The van der Waals surface area contributed by atoms with Gasteiger partial charge in [0.25, 0.3) is 0 Å². The third-order valence-corrected chi connectivity index (χ3v) is 8.82. The van der Waals surface area contributed by atoms with Crippen molar-refractivity contribution < 1.29 is 9.53 Å². The number of hydrogen-bond acceptors (Lipinski definition) is 5. The number of anilines is 1. The predicted molar refractivity (Wildman–Crippen MR) is 174 cm³/mol. The summed E-state index contributed by atoms with van der Waals surface area (Å²) in [6.07, 6.45) is 0.810. The lowest BCUT2D eigenvalue weighted by molar-refractivity contribution is 0.0351. The summed E-state index contributed by atoms with van der Waals surface area (Å²) in [5, 5.41) is 3.06. The van der Waals surface area contributed by atoms with Gasteiger partial charge in [-0.1, -0.05) is 90.6 Å². The van der Waals surface area contributed by atoms with Gasteiger partial charge in [0, 0.05) is 48.4 Å². The van der Waals surface area contributed by atoms with Gasteiger partial charge in [0.1, 0.15) is 0 Å². The Kier molecular flexibility index (Phi) is 9.69. The van der Waals surface area contributed by atoms with Gasteiger partial charge in [0.05, 0.1) is 24.2 Å². The lowest BCUT2D eigenvalue weighted by Crippen LogP contribution is -2.44. The van der Waals surface area contributed by atoms with Gasteiger partial charge >= 0.3 is 6.03 Å². The highest BCUT2D eigenvalue weighted by molar-refractivity contribution is 7.99. The maximum absolute atomic E-state index is 13.8. The van der Waals surface area contributed by atoms with Gasteiger partial charge in [0.2, 0.25) is 5.95 Å². The highest BCUT2D eigenvalue weighted by Gasteiger charge is 2.21. The number of urea groups is 1. The average Bonchev–Trinajstić information content (AvgIpc) is 3.46. The van der Waals surface area contributed by atoms with Gasteiger partial charge in [-0.2, -0.15) is 0 Å². The first-order valence-corrected chi connectivity index (χ1v) is 15.7. The van der Waals surface area contributed by atoms with E-state index in [0.29, 0.717) is 19.0 Å². The number of aromatic amines is 1. The Bertz CT molecular complexity index is 1550. The van der Waals surface area contributed by atoms with Crippen molar-refractivity contribution in [3.8, 4) is 0 Å². The topological polar surface area (TPSA) is 73.5 Å². The molecule has 2 N–H and O–H groups in total. The lowest BCUT2D eigenvalue weighted by atomic mass is 9.88. The molecule has 1 saturated heterocycles. The van der Waals surface area contributed by atoms with Gasteiger partial charge < -0.3 is 14.6 Å². The second-order valence-corrected chi connectivity index (χ2v) is 11.9. The van der Waals surface area contributed by atoms with Crippen molar-refractivity contribution in [3.63, 3.8) is 0 Å². The normalized spacial score (nSPS) is 13.8. The minimum Gasteiger partial charge on any atom is -0.379 e. The third kappa shape index (κ3) is 7.84.